The van der Waals surface area contributed by atoms with E-state index in [0.29, 0.717) is 0 Å². The molecule has 5 heteroatoms. The van der Waals surface area contributed by atoms with Crippen LogP contribution in [0.4, 0.5) is 0 Å². The Kier molecular flexibility index (Phi) is 5.74. The summed E-state index contributed by atoms with van der Waals surface area (Å²) < 4.78 is 4.60. The number of esters is 1. The van der Waals surface area contributed by atoms with Crippen molar-refractivity contribution in [3.8, 4) is 0 Å². The third-order valence-corrected chi connectivity index (χ3v) is 5.41. The van der Waals surface area contributed by atoms with Crippen LogP contribution in [0.5, 0.6) is 0 Å². The smallest absolute Gasteiger partial charge is 0.345 e. The second-order valence-electron chi connectivity index (χ2n) is 3.32. The Hall–Kier alpha value is -0.640. The third-order valence-electron chi connectivity index (χ3n) is 2.30. The molecule has 1 saturated heterocycles. The lowest BCUT2D eigenvalue weighted by Gasteiger charge is -2.05. The van der Waals surface area contributed by atoms with E-state index in [2.05, 4.69) is 10.1 Å². The number of carbonyl (C=O) groups excluding carboxylic acids is 1. The summed E-state index contributed by atoms with van der Waals surface area (Å²) in [7, 11) is 1.54. The number of rotatable bonds is 4. The number of methoxy groups -OCH3 is 1. The van der Waals surface area contributed by atoms with Crippen molar-refractivity contribution >= 4 is 34.5 Å². The summed E-state index contributed by atoms with van der Waals surface area (Å²) in [6.07, 6.45) is 4.38. The summed E-state index contributed by atoms with van der Waals surface area (Å²) in [4.78, 5) is 12.1. The topological polar surface area (TPSA) is 48.6 Å². The minimum Gasteiger partial charge on any atom is -0.763 e. The largest absolute Gasteiger partial charge is 0.763 e. The molecule has 0 aromatic rings. The van der Waals surface area contributed by atoms with Crippen LogP contribution in [0.2, 0.25) is 0 Å². The van der Waals surface area contributed by atoms with Crippen molar-refractivity contribution in [1.82, 2.24) is 0 Å². The van der Waals surface area contributed by atoms with Gasteiger partial charge in [-0.3, -0.25) is 5.87 Å². The highest BCUT2D eigenvalue weighted by Crippen LogP contribution is 2.25. The van der Waals surface area contributed by atoms with E-state index < -0.39 is 5.97 Å². The highest BCUT2D eigenvalue weighted by molar-refractivity contribution is 8.05. The lowest BCUT2D eigenvalue weighted by atomic mass is 10.3. The first-order valence-electron chi connectivity index (χ1n) is 5.00. The van der Waals surface area contributed by atoms with Crippen LogP contribution in [0.15, 0.2) is 15.9 Å². The van der Waals surface area contributed by atoms with Crippen LogP contribution in [-0.2, 0) is 20.4 Å². The number of hydrogen-bond acceptors (Lipinski definition) is 3. The molecule has 88 valence electrons. The second kappa shape index (κ2) is 6.84. The monoisotopic (exact) mass is 257 g/mol. The maximum absolute atomic E-state index is 11.4. The summed E-state index contributed by atoms with van der Waals surface area (Å²) in [5.41, 5.74) is 0.134. The van der Waals surface area contributed by atoms with Crippen LogP contribution in [0.3, 0.4) is 0 Å². The average molecular weight is 257 g/mol. The lowest BCUT2D eigenvalue weighted by Crippen LogP contribution is -2.08. The summed E-state index contributed by atoms with van der Waals surface area (Å²) in [5, 5.41) is 11.0. The molecule has 0 aromatic heterocycles. The maximum Gasteiger partial charge on any atom is 0.345 e. The zero-order chi connectivity index (χ0) is 12.0. The van der Waals surface area contributed by atoms with Gasteiger partial charge in [0.2, 0.25) is 0 Å². The Bertz CT molecular complexity index is 340. The lowest BCUT2D eigenvalue weighted by molar-refractivity contribution is -0.135. The van der Waals surface area contributed by atoms with Crippen molar-refractivity contribution in [3.63, 3.8) is 0 Å². The molecule has 0 saturated carbocycles. The van der Waals surface area contributed by atoms with Gasteiger partial charge in [-0.25, -0.2) is 4.79 Å². The van der Waals surface area contributed by atoms with Gasteiger partial charge >= 0.3 is 5.97 Å². The van der Waals surface area contributed by atoms with Gasteiger partial charge in [0.05, 0.1) is 17.6 Å². The van der Waals surface area contributed by atoms with Crippen LogP contribution < -0.4 is 0 Å². The molecule has 1 rings (SSSR count). The summed E-state index contributed by atoms with van der Waals surface area (Å²) in [6.45, 7) is 0. The zero-order valence-corrected chi connectivity index (χ0v) is 11.1. The Labute approximate surface area is 103 Å². The molecule has 1 fully saturated rings. The summed E-state index contributed by atoms with van der Waals surface area (Å²) >= 11 is 1.44. The van der Waals surface area contributed by atoms with Crippen LogP contribution in [0, 0.1) is 0 Å². The van der Waals surface area contributed by atoms with E-state index >= 15 is 0 Å². The Morgan fingerprint density at radius 2 is 2.12 bits per heavy atom. The van der Waals surface area contributed by atoms with E-state index in [1.807, 2.05) is 12.1 Å². The van der Waals surface area contributed by atoms with Crippen LogP contribution in [0.25, 0.3) is 5.41 Å². The first-order valence-corrected chi connectivity index (χ1v) is 7.86. The molecule has 16 heavy (non-hydrogen) atoms. The molecule has 0 aliphatic carbocycles. The van der Waals surface area contributed by atoms with Gasteiger partial charge in [-0.2, -0.15) is 0 Å². The summed E-state index contributed by atoms with van der Waals surface area (Å²) in [5.74, 6) is 3.77. The maximum atomic E-state index is 11.4. The Morgan fingerprint density at radius 1 is 1.50 bits per heavy atom. The van der Waals surface area contributed by atoms with E-state index in [1.54, 1.807) is 0 Å². The van der Waals surface area contributed by atoms with Crippen molar-refractivity contribution in [2.24, 2.45) is 0 Å². The van der Waals surface area contributed by atoms with Gasteiger partial charge in [0.25, 0.3) is 0 Å². The predicted molar refractivity (Wildman–Crippen MR) is 71.8 cm³/mol. The SMILES string of the molecule is COC(=O)C(=C=[N-])/C(=C/[S+]1CCCC1)SC. The van der Waals surface area contributed by atoms with E-state index in [1.165, 1.54) is 43.2 Å². The second-order valence-corrected chi connectivity index (χ2v) is 6.29. The van der Waals surface area contributed by atoms with Gasteiger partial charge in [0.1, 0.15) is 16.9 Å². The van der Waals surface area contributed by atoms with Gasteiger partial charge in [-0.15, -0.1) is 11.8 Å². The van der Waals surface area contributed by atoms with Crippen molar-refractivity contribution in [2.45, 2.75) is 12.8 Å². The normalized spacial score (nSPS) is 17.0. The summed E-state index contributed by atoms with van der Waals surface area (Å²) in [6, 6.07) is 0. The predicted octanol–water partition coefficient (Wildman–Crippen LogP) is 1.94. The molecule has 1 heterocycles. The Morgan fingerprint density at radius 3 is 2.56 bits per heavy atom. The fraction of sp³-hybridized carbons (Fsp3) is 0.545. The molecule has 0 atom stereocenters. The Balaban J connectivity index is 2.86. The molecule has 0 unspecified atom stereocenters. The van der Waals surface area contributed by atoms with E-state index in [-0.39, 0.29) is 16.5 Å². The van der Waals surface area contributed by atoms with Gasteiger partial charge in [0.15, 0.2) is 0 Å². The van der Waals surface area contributed by atoms with E-state index in [4.69, 9.17) is 5.41 Å². The molecular weight excluding hydrogens is 242 g/mol. The highest BCUT2D eigenvalue weighted by Gasteiger charge is 2.24. The highest BCUT2D eigenvalue weighted by atomic mass is 32.2. The van der Waals surface area contributed by atoms with Gasteiger partial charge in [0, 0.05) is 10.9 Å². The van der Waals surface area contributed by atoms with Gasteiger partial charge < -0.3 is 10.1 Å². The quantitative estimate of drug-likeness (QED) is 0.254. The van der Waals surface area contributed by atoms with Crippen LogP contribution in [0.1, 0.15) is 12.8 Å². The zero-order valence-electron chi connectivity index (χ0n) is 9.49. The molecule has 1 aliphatic heterocycles. The van der Waals surface area contributed by atoms with Gasteiger partial charge in [-0.1, -0.05) is 0 Å². The van der Waals surface area contributed by atoms with Crippen molar-refractivity contribution in [1.29, 1.82) is 0 Å². The molecule has 3 nitrogen and oxygen atoms in total. The fourth-order valence-corrected chi connectivity index (χ4v) is 4.60. The molecule has 1 aliphatic rings. The van der Waals surface area contributed by atoms with E-state index in [0.717, 1.165) is 4.91 Å². The average Bonchev–Trinajstić information content (AvgIpc) is 2.81. The van der Waals surface area contributed by atoms with Crippen LogP contribution in [-0.4, -0.2) is 36.7 Å². The molecule has 0 aromatic carbocycles. The number of nitrogens with zero attached hydrogens (tertiary/aromatic N) is 1. The fourth-order valence-electron chi connectivity index (χ4n) is 1.46. The van der Waals surface area contributed by atoms with Gasteiger partial charge in [-0.05, 0) is 19.1 Å². The minimum atomic E-state index is -0.536. The van der Waals surface area contributed by atoms with Crippen molar-refractivity contribution in [2.75, 3.05) is 24.9 Å². The first-order chi connectivity index (χ1) is 7.72. The number of thioether (sulfide) groups is 1. The molecule has 0 amide bonds. The van der Waals surface area contributed by atoms with Crippen molar-refractivity contribution in [3.05, 3.63) is 21.3 Å². The molecule has 0 spiro atoms. The number of hydrogen-bond donors (Lipinski definition) is 0. The third kappa shape index (κ3) is 3.44. The minimum absolute atomic E-state index is 0.134. The number of ether oxygens (including phenoxy) is 1. The van der Waals surface area contributed by atoms with Crippen LogP contribution >= 0.6 is 11.8 Å². The molecule has 0 radical (unpaired) electrons. The number of carbonyl (C=O) groups is 1. The molecular formula is C11H15NO2S2. The molecule has 0 bridgehead atoms. The van der Waals surface area contributed by atoms with E-state index in [9.17, 15) is 4.79 Å². The molecule has 0 N–H and O–H groups in total. The standard InChI is InChI=1S/C11H15NO2S2/c1-14-11(13)9(7-12)10(15-2)8-16-5-3-4-6-16/h8H,3-6H2,1-2H3/b10-8-. The van der Waals surface area contributed by atoms with Crippen molar-refractivity contribution < 1.29 is 9.53 Å². The first kappa shape index (κ1) is 13.4.